The first kappa shape index (κ1) is 37.0. The van der Waals surface area contributed by atoms with Crippen molar-refractivity contribution in [3.8, 4) is 41.2 Å². The average Bonchev–Trinajstić information content (AvgIpc) is 3.78. The first-order valence-corrected chi connectivity index (χ1v) is 19.3. The number of anilines is 1. The molecule has 2 aromatic carbocycles. The molecule has 16 heteroatoms. The summed E-state index contributed by atoms with van der Waals surface area (Å²) >= 11 is 0. The van der Waals surface area contributed by atoms with E-state index in [9.17, 15) is 19.1 Å². The molecule has 6 atom stereocenters. The second-order valence-electron chi connectivity index (χ2n) is 15.9. The minimum Gasteiger partial charge on any atom is -0.508 e. The van der Waals surface area contributed by atoms with E-state index in [1.807, 2.05) is 4.90 Å². The van der Waals surface area contributed by atoms with Crippen LogP contribution in [0, 0.1) is 29.9 Å². The molecule has 4 saturated heterocycles. The third kappa shape index (κ3) is 6.09. The van der Waals surface area contributed by atoms with Gasteiger partial charge in [-0.1, -0.05) is 25.8 Å². The molecule has 4 fully saturated rings. The van der Waals surface area contributed by atoms with Gasteiger partial charge in [0.05, 0.1) is 35.1 Å². The lowest BCUT2D eigenvalue weighted by Crippen LogP contribution is -2.63. The molecule has 0 radical (unpaired) electrons. The van der Waals surface area contributed by atoms with E-state index >= 15 is 8.78 Å². The van der Waals surface area contributed by atoms with Gasteiger partial charge in [0.25, 0.3) is 0 Å². The predicted molar refractivity (Wildman–Crippen MR) is 200 cm³/mol. The summed E-state index contributed by atoms with van der Waals surface area (Å²) in [4.78, 5) is 45.7. The SMILES string of the molecule is C#Cc1c(F)ccc2cc(O)cc(-c3nc4c5c(nc(OC[C@@]67CCCN6C[C@H](F)C7)nc5c3F)N3C[C@@H]5CC[C@H](C3CO4)N5C(=O)OC(C)OC(=O)C(C)C)c12. The van der Waals surface area contributed by atoms with Gasteiger partial charge in [-0.05, 0) is 55.8 Å². The molecule has 0 aliphatic carbocycles. The predicted octanol–water partition coefficient (Wildman–Crippen LogP) is 5.86. The summed E-state index contributed by atoms with van der Waals surface area (Å²) in [6.07, 6.45) is 6.12. The van der Waals surface area contributed by atoms with Crippen molar-refractivity contribution in [1.29, 1.82) is 0 Å². The highest BCUT2D eigenvalue weighted by molar-refractivity contribution is 6.04. The summed E-state index contributed by atoms with van der Waals surface area (Å²) in [6.45, 7) is 6.23. The molecule has 1 N–H and O–H groups in total. The number of phenols is 1. The third-order valence-corrected chi connectivity index (χ3v) is 12.1. The maximum absolute atomic E-state index is 17.3. The average molecular weight is 787 g/mol. The minimum atomic E-state index is -1.12. The number of aromatic hydroxyl groups is 1. The molecule has 57 heavy (non-hydrogen) atoms. The smallest absolute Gasteiger partial charge is 0.413 e. The van der Waals surface area contributed by atoms with Crippen LogP contribution in [0.25, 0.3) is 32.9 Å². The normalized spacial score (nSPS) is 25.5. The summed E-state index contributed by atoms with van der Waals surface area (Å²) < 4.78 is 70.8. The van der Waals surface area contributed by atoms with Crippen LogP contribution in [-0.2, 0) is 14.3 Å². The molecule has 5 aliphatic heterocycles. The Morgan fingerprint density at radius 2 is 1.91 bits per heavy atom. The maximum Gasteiger partial charge on any atom is 0.413 e. The van der Waals surface area contributed by atoms with Gasteiger partial charge in [-0.25, -0.2) is 22.9 Å². The summed E-state index contributed by atoms with van der Waals surface area (Å²) in [7, 11) is 0. The van der Waals surface area contributed by atoms with Crippen LogP contribution in [0.2, 0.25) is 0 Å². The number of alkyl halides is 1. The number of piperazine rings is 1. The van der Waals surface area contributed by atoms with E-state index < -0.39 is 59.7 Å². The summed E-state index contributed by atoms with van der Waals surface area (Å²) in [5.74, 6) is -0.151. The monoisotopic (exact) mass is 786 g/mol. The number of aromatic nitrogens is 3. The van der Waals surface area contributed by atoms with E-state index in [0.717, 1.165) is 19.4 Å². The zero-order chi connectivity index (χ0) is 39.9. The van der Waals surface area contributed by atoms with Crippen molar-refractivity contribution in [2.45, 2.75) is 89.0 Å². The molecule has 2 unspecified atom stereocenters. The number of halogens is 3. The van der Waals surface area contributed by atoms with Crippen LogP contribution < -0.4 is 14.4 Å². The van der Waals surface area contributed by atoms with Crippen molar-refractivity contribution >= 4 is 39.6 Å². The maximum atomic E-state index is 17.3. The topological polar surface area (TPSA) is 140 Å². The van der Waals surface area contributed by atoms with E-state index in [1.165, 1.54) is 31.2 Å². The van der Waals surface area contributed by atoms with Crippen LogP contribution in [0.5, 0.6) is 17.6 Å². The van der Waals surface area contributed by atoms with Crippen LogP contribution in [0.3, 0.4) is 0 Å². The zero-order valence-corrected chi connectivity index (χ0v) is 31.6. The fourth-order valence-corrected chi connectivity index (χ4v) is 9.52. The fourth-order valence-electron chi connectivity index (χ4n) is 9.52. The van der Waals surface area contributed by atoms with Crippen molar-refractivity contribution in [2.24, 2.45) is 5.92 Å². The highest BCUT2D eigenvalue weighted by Crippen LogP contribution is 2.47. The van der Waals surface area contributed by atoms with Gasteiger partial charge in [0, 0.05) is 37.4 Å². The van der Waals surface area contributed by atoms with Gasteiger partial charge in [-0.3, -0.25) is 14.6 Å². The van der Waals surface area contributed by atoms with Crippen LogP contribution in [0.15, 0.2) is 24.3 Å². The van der Waals surface area contributed by atoms with E-state index in [2.05, 4.69) is 20.8 Å². The van der Waals surface area contributed by atoms with Gasteiger partial charge in [-0.15, -0.1) is 6.42 Å². The molecule has 0 saturated carbocycles. The number of esters is 1. The number of rotatable bonds is 7. The molecule has 13 nitrogen and oxygen atoms in total. The van der Waals surface area contributed by atoms with Gasteiger partial charge in [-0.2, -0.15) is 9.97 Å². The molecule has 5 aliphatic rings. The number of nitrogens with zero attached hydrogens (tertiary/aromatic N) is 6. The number of benzene rings is 2. The molecular formula is C41H41F3N6O7. The van der Waals surface area contributed by atoms with Crippen LogP contribution in [0.4, 0.5) is 23.8 Å². The fraction of sp³-hybridized carbons (Fsp3) is 0.488. The number of carbonyl (C=O) groups excluding carboxylic acids is 2. The Morgan fingerprint density at radius 1 is 1.09 bits per heavy atom. The number of ether oxygens (including phenoxy) is 4. The molecule has 0 spiro atoms. The number of fused-ring (bicyclic) bond motifs is 7. The third-order valence-electron chi connectivity index (χ3n) is 12.1. The van der Waals surface area contributed by atoms with Crippen molar-refractivity contribution in [3.63, 3.8) is 0 Å². The number of phenolic OH excluding ortho intramolecular Hbond substituents is 1. The van der Waals surface area contributed by atoms with Crippen molar-refractivity contribution in [1.82, 2.24) is 24.8 Å². The number of carbonyl (C=O) groups is 2. The Hall–Kier alpha value is -5.56. The number of pyridine rings is 1. The van der Waals surface area contributed by atoms with Gasteiger partial charge in [0.15, 0.2) is 5.82 Å². The minimum absolute atomic E-state index is 0.0141. The van der Waals surface area contributed by atoms with E-state index in [-0.39, 0.29) is 82.4 Å². The van der Waals surface area contributed by atoms with Crippen molar-refractivity contribution < 1.29 is 46.8 Å². The molecule has 2 aromatic heterocycles. The Morgan fingerprint density at radius 3 is 2.70 bits per heavy atom. The number of hydrogen-bond acceptors (Lipinski definition) is 12. The first-order chi connectivity index (χ1) is 27.4. The van der Waals surface area contributed by atoms with E-state index in [4.69, 9.17) is 30.4 Å². The number of amides is 1. The highest BCUT2D eigenvalue weighted by Gasteiger charge is 2.52. The molecule has 7 heterocycles. The van der Waals surface area contributed by atoms with Gasteiger partial charge in [0.2, 0.25) is 12.2 Å². The first-order valence-electron chi connectivity index (χ1n) is 19.3. The van der Waals surface area contributed by atoms with Crippen LogP contribution in [0.1, 0.15) is 58.4 Å². The molecule has 9 rings (SSSR count). The van der Waals surface area contributed by atoms with Crippen LogP contribution in [-0.4, -0.2) is 111 Å². The number of terminal acetylenes is 1. The molecule has 2 bridgehead atoms. The Labute approximate surface area is 326 Å². The van der Waals surface area contributed by atoms with Gasteiger partial charge >= 0.3 is 18.1 Å². The lowest BCUT2D eigenvalue weighted by atomic mass is 9.95. The Balaban J connectivity index is 1.15. The number of hydrogen-bond donors (Lipinski definition) is 1. The lowest BCUT2D eigenvalue weighted by molar-refractivity contribution is -0.170. The summed E-state index contributed by atoms with van der Waals surface area (Å²) in [5, 5.41) is 11.4. The van der Waals surface area contributed by atoms with E-state index in [1.54, 1.807) is 18.7 Å². The molecular weight excluding hydrogens is 745 g/mol. The van der Waals surface area contributed by atoms with Gasteiger partial charge < -0.3 is 29.0 Å². The second-order valence-corrected chi connectivity index (χ2v) is 15.9. The molecule has 298 valence electrons. The second kappa shape index (κ2) is 13.8. The highest BCUT2D eigenvalue weighted by atomic mass is 19.1. The Kier molecular flexibility index (Phi) is 8.98. The lowest BCUT2D eigenvalue weighted by Gasteiger charge is -2.46. The van der Waals surface area contributed by atoms with Gasteiger partial charge in [0.1, 0.15) is 53.4 Å². The summed E-state index contributed by atoms with van der Waals surface area (Å²) in [6, 6.07) is 3.80. The standard InChI is InChI=1S/C41H41F3N6O7/c1-5-26-28(43)9-7-22-13-25(51)14-27(31(22)26)34-33(44)35-32-36(47-39(46-35)55-19-41-11-6-12-48(41)16-23(42)15-41)49-17-24-8-10-29(30(49)18-54-37(32)45-34)50(24)40(53)57-21(4)56-38(52)20(2)3/h1,7,9,13-14,20-21,23-24,29-30,51H,6,8,10-12,15-19H2,2-4H3/t21?,23-,24+,29-,30?,41+/m1/s1. The molecule has 1 amide bonds. The largest absolute Gasteiger partial charge is 0.508 e. The van der Waals surface area contributed by atoms with Crippen molar-refractivity contribution in [2.75, 3.05) is 37.7 Å². The Bertz CT molecular complexity index is 2380. The molecule has 4 aromatic rings. The van der Waals surface area contributed by atoms with E-state index in [0.29, 0.717) is 31.2 Å². The summed E-state index contributed by atoms with van der Waals surface area (Å²) in [5.41, 5.74) is -1.17. The van der Waals surface area contributed by atoms with Crippen molar-refractivity contribution in [3.05, 3.63) is 41.5 Å². The van der Waals surface area contributed by atoms with Crippen LogP contribution >= 0.6 is 0 Å². The quantitative estimate of drug-likeness (QED) is 0.136. The zero-order valence-electron chi connectivity index (χ0n) is 31.6.